The highest BCUT2D eigenvalue weighted by Crippen LogP contribution is 2.27. The number of carbonyl (C=O) groups excluding carboxylic acids is 2. The van der Waals surface area contributed by atoms with Crippen LogP contribution in [0.1, 0.15) is 40.6 Å². The first-order chi connectivity index (χ1) is 16.0. The minimum Gasteiger partial charge on any atom is -0.337 e. The molecule has 0 atom stereocenters. The molecule has 8 heteroatoms. The normalized spacial score (nSPS) is 14.5. The van der Waals surface area contributed by atoms with Crippen molar-refractivity contribution in [1.82, 2.24) is 14.3 Å². The van der Waals surface area contributed by atoms with Gasteiger partial charge < -0.3 is 10.2 Å². The van der Waals surface area contributed by atoms with Crippen molar-refractivity contribution in [2.75, 3.05) is 18.4 Å². The zero-order valence-corrected chi connectivity index (χ0v) is 18.9. The number of nitrogens with zero attached hydrogens (tertiary/aromatic N) is 3. The molecule has 0 aliphatic carbocycles. The molecule has 3 heterocycles. The number of carbonyl (C=O) groups is 2. The lowest BCUT2D eigenvalue weighted by Gasteiger charge is -2.30. The lowest BCUT2D eigenvalue weighted by Crippen LogP contribution is -2.38. The summed E-state index contributed by atoms with van der Waals surface area (Å²) in [5.74, 6) is -0.397. The predicted molar refractivity (Wildman–Crippen MR) is 127 cm³/mol. The molecule has 0 unspecified atom stereocenters. The summed E-state index contributed by atoms with van der Waals surface area (Å²) in [5, 5.41) is 4.60. The average Bonchev–Trinajstić information content (AvgIpc) is 3.41. The molecule has 1 aliphatic rings. The van der Waals surface area contributed by atoms with Crippen molar-refractivity contribution in [1.29, 1.82) is 0 Å². The van der Waals surface area contributed by atoms with E-state index in [2.05, 4.69) is 17.2 Å². The number of anilines is 1. The number of amides is 2. The van der Waals surface area contributed by atoms with E-state index in [0.29, 0.717) is 23.0 Å². The maximum Gasteiger partial charge on any atom is 0.271 e. The summed E-state index contributed by atoms with van der Waals surface area (Å²) in [6, 6.07) is 13.1. The van der Waals surface area contributed by atoms with Crippen molar-refractivity contribution >= 4 is 33.8 Å². The lowest BCUT2D eigenvalue weighted by molar-refractivity contribution is 0.0690. The van der Waals surface area contributed by atoms with Crippen molar-refractivity contribution in [2.45, 2.75) is 19.8 Å². The van der Waals surface area contributed by atoms with Crippen LogP contribution in [0.25, 0.3) is 16.2 Å². The van der Waals surface area contributed by atoms with Crippen molar-refractivity contribution in [3.05, 3.63) is 77.2 Å². The molecule has 1 fully saturated rings. The molecule has 1 saturated heterocycles. The molecular weight excluding hydrogens is 439 g/mol. The molecule has 5 rings (SSSR count). The van der Waals surface area contributed by atoms with Gasteiger partial charge in [0.2, 0.25) is 0 Å². The fourth-order valence-electron chi connectivity index (χ4n) is 4.05. The third-order valence-electron chi connectivity index (χ3n) is 6.03. The number of piperidine rings is 1. The van der Waals surface area contributed by atoms with E-state index in [0.717, 1.165) is 36.5 Å². The Kier molecular flexibility index (Phi) is 5.68. The number of nitrogens with one attached hydrogen (secondary N) is 1. The van der Waals surface area contributed by atoms with E-state index in [1.807, 2.05) is 26.9 Å². The predicted octanol–water partition coefficient (Wildman–Crippen LogP) is 5.33. The van der Waals surface area contributed by atoms with Crippen LogP contribution >= 0.6 is 11.3 Å². The second-order valence-electron chi connectivity index (χ2n) is 8.39. The molecule has 1 N–H and O–H groups in total. The van der Waals surface area contributed by atoms with Gasteiger partial charge in [-0.1, -0.05) is 31.2 Å². The molecule has 1 aliphatic heterocycles. The molecule has 0 spiro atoms. The highest BCUT2D eigenvalue weighted by Gasteiger charge is 2.24. The summed E-state index contributed by atoms with van der Waals surface area (Å²) in [6.45, 7) is 3.78. The highest BCUT2D eigenvalue weighted by atomic mass is 32.1. The zero-order chi connectivity index (χ0) is 22.9. The Balaban J connectivity index is 1.38. The number of benzene rings is 2. The Bertz CT molecular complexity index is 1340. The fourth-order valence-corrected chi connectivity index (χ4v) is 4.90. The Morgan fingerprint density at radius 2 is 1.91 bits per heavy atom. The second kappa shape index (κ2) is 8.78. The van der Waals surface area contributed by atoms with Gasteiger partial charge in [0.05, 0.1) is 11.3 Å². The van der Waals surface area contributed by atoms with Crippen molar-refractivity contribution in [3.63, 3.8) is 0 Å². The Labute approximate surface area is 194 Å². The van der Waals surface area contributed by atoms with Crippen LogP contribution in [0.4, 0.5) is 10.1 Å². The third-order valence-corrected chi connectivity index (χ3v) is 6.87. The first-order valence-corrected chi connectivity index (χ1v) is 11.8. The molecule has 2 aromatic carbocycles. The Morgan fingerprint density at radius 1 is 1.12 bits per heavy atom. The quantitative estimate of drug-likeness (QED) is 0.446. The maximum atomic E-state index is 13.9. The topological polar surface area (TPSA) is 66.7 Å². The zero-order valence-electron chi connectivity index (χ0n) is 18.1. The molecule has 4 aromatic rings. The first kappa shape index (κ1) is 21.3. The van der Waals surface area contributed by atoms with Crippen LogP contribution in [-0.4, -0.2) is 39.2 Å². The van der Waals surface area contributed by atoms with Crippen LogP contribution < -0.4 is 5.32 Å². The van der Waals surface area contributed by atoms with E-state index < -0.39 is 11.7 Å². The number of thiazole rings is 1. The van der Waals surface area contributed by atoms with Crippen LogP contribution in [0, 0.1) is 11.7 Å². The number of hydrogen-bond donors (Lipinski definition) is 1. The minimum absolute atomic E-state index is 0.0133. The number of halogens is 1. The number of imidazole rings is 1. The van der Waals surface area contributed by atoms with Gasteiger partial charge in [-0.15, -0.1) is 11.3 Å². The maximum absolute atomic E-state index is 13.9. The SMILES string of the molecule is CC1CCN(C(=O)c2csc3nc(-c4cccc(NC(=O)c5ccccc5F)c4)cn23)CC1. The smallest absolute Gasteiger partial charge is 0.271 e. The van der Waals surface area contributed by atoms with Crippen molar-refractivity contribution in [3.8, 4) is 11.3 Å². The molecule has 2 aromatic heterocycles. The molecule has 33 heavy (non-hydrogen) atoms. The van der Waals surface area contributed by atoms with Gasteiger partial charge >= 0.3 is 0 Å². The van der Waals surface area contributed by atoms with Gasteiger partial charge in [-0.25, -0.2) is 9.37 Å². The largest absolute Gasteiger partial charge is 0.337 e. The summed E-state index contributed by atoms with van der Waals surface area (Å²) in [4.78, 5) is 32.9. The monoisotopic (exact) mass is 462 g/mol. The van der Waals surface area contributed by atoms with Crippen LogP contribution in [0.2, 0.25) is 0 Å². The standard InChI is InChI=1S/C25H23FN4O2S/c1-16-9-11-29(12-10-16)24(32)22-15-33-25-28-21(14-30(22)25)17-5-4-6-18(13-17)27-23(31)19-7-2-3-8-20(19)26/h2-8,13-16H,9-12H2,1H3,(H,27,31). The van der Waals surface area contributed by atoms with Crippen molar-refractivity contribution in [2.24, 2.45) is 5.92 Å². The fraction of sp³-hybridized carbons (Fsp3) is 0.240. The molecule has 0 radical (unpaired) electrons. The number of aromatic nitrogens is 2. The summed E-state index contributed by atoms with van der Waals surface area (Å²) < 4.78 is 15.8. The van der Waals surface area contributed by atoms with Crippen LogP contribution in [-0.2, 0) is 0 Å². The molecule has 0 bridgehead atoms. The van der Waals surface area contributed by atoms with Gasteiger partial charge in [0.1, 0.15) is 11.5 Å². The van der Waals surface area contributed by atoms with Crippen LogP contribution in [0.5, 0.6) is 0 Å². The molecule has 2 amide bonds. The van der Waals surface area contributed by atoms with Gasteiger partial charge in [0.25, 0.3) is 11.8 Å². The molecule has 168 valence electrons. The molecular formula is C25H23FN4O2S. The number of rotatable bonds is 4. The van der Waals surface area contributed by atoms with Crippen molar-refractivity contribution < 1.29 is 14.0 Å². The third kappa shape index (κ3) is 4.26. The number of likely N-dealkylation sites (tertiary alicyclic amines) is 1. The van der Waals surface area contributed by atoms with Gasteiger partial charge in [0, 0.05) is 35.9 Å². The summed E-state index contributed by atoms with van der Waals surface area (Å²) >= 11 is 1.43. The Hall–Kier alpha value is -3.52. The number of hydrogen-bond acceptors (Lipinski definition) is 4. The van der Waals surface area contributed by atoms with Crippen LogP contribution in [0.15, 0.2) is 60.1 Å². The van der Waals surface area contributed by atoms with E-state index in [1.165, 1.54) is 23.5 Å². The van der Waals surface area contributed by atoms with Crippen LogP contribution in [0.3, 0.4) is 0 Å². The highest BCUT2D eigenvalue weighted by molar-refractivity contribution is 7.15. The first-order valence-electron chi connectivity index (χ1n) is 10.9. The summed E-state index contributed by atoms with van der Waals surface area (Å²) in [5.41, 5.74) is 2.64. The van der Waals surface area contributed by atoms with E-state index in [9.17, 15) is 14.0 Å². The lowest BCUT2D eigenvalue weighted by atomic mass is 9.99. The molecule has 6 nitrogen and oxygen atoms in total. The van der Waals surface area contributed by atoms with Gasteiger partial charge in [-0.05, 0) is 43.0 Å². The summed E-state index contributed by atoms with van der Waals surface area (Å²) in [7, 11) is 0. The van der Waals surface area contributed by atoms with Gasteiger partial charge in [0.15, 0.2) is 4.96 Å². The minimum atomic E-state index is -0.569. The van der Waals surface area contributed by atoms with Gasteiger partial charge in [-0.3, -0.25) is 14.0 Å². The molecule has 0 saturated carbocycles. The van der Waals surface area contributed by atoms with Gasteiger partial charge in [-0.2, -0.15) is 0 Å². The van der Waals surface area contributed by atoms with E-state index >= 15 is 0 Å². The van der Waals surface area contributed by atoms with E-state index in [1.54, 1.807) is 30.3 Å². The average molecular weight is 463 g/mol. The Morgan fingerprint density at radius 3 is 2.70 bits per heavy atom. The summed E-state index contributed by atoms with van der Waals surface area (Å²) in [6.07, 6.45) is 3.91. The van der Waals surface area contributed by atoms with E-state index in [4.69, 9.17) is 0 Å². The van der Waals surface area contributed by atoms with E-state index in [-0.39, 0.29) is 11.5 Å². The number of fused-ring (bicyclic) bond motifs is 1. The second-order valence-corrected chi connectivity index (χ2v) is 9.23.